The summed E-state index contributed by atoms with van der Waals surface area (Å²) in [5, 5.41) is 7.69. The van der Waals surface area contributed by atoms with Crippen LogP contribution in [0.3, 0.4) is 0 Å². The molecule has 1 unspecified atom stereocenters. The fraction of sp³-hybridized carbons (Fsp3) is 1.00. The molecule has 0 amide bonds. The first-order chi connectivity index (χ1) is 11.5. The highest BCUT2D eigenvalue weighted by Crippen LogP contribution is 2.55. The van der Waals surface area contributed by atoms with Gasteiger partial charge in [-0.05, 0) is 81.1 Å². The van der Waals surface area contributed by atoms with Crippen LogP contribution in [0.15, 0.2) is 0 Å². The van der Waals surface area contributed by atoms with Crippen molar-refractivity contribution in [2.75, 3.05) is 19.6 Å². The second-order valence-corrected chi connectivity index (χ2v) is 10.1. The van der Waals surface area contributed by atoms with Crippen LogP contribution in [-0.2, 0) is 0 Å². The average Bonchev–Trinajstić information content (AvgIpc) is 2.49. The molecule has 4 aliphatic carbocycles. The third-order valence-electron chi connectivity index (χ3n) is 7.13. The summed E-state index contributed by atoms with van der Waals surface area (Å²) >= 11 is 0. The molecule has 4 heteroatoms. The summed E-state index contributed by atoms with van der Waals surface area (Å²) < 4.78 is 0. The van der Waals surface area contributed by atoms with E-state index in [0.717, 1.165) is 36.1 Å². The summed E-state index contributed by atoms with van der Waals surface area (Å²) in [4.78, 5) is 0. The second-order valence-electron chi connectivity index (χ2n) is 10.1. The molecule has 26 heavy (non-hydrogen) atoms. The number of hydrogen-bond acceptors (Lipinski definition) is 2. The molecule has 2 nitrogen and oxygen atoms in total. The molecule has 4 saturated carbocycles. The first kappa shape index (κ1) is 24.5. The third kappa shape index (κ3) is 7.15. The Balaban J connectivity index is 0.00000169. The van der Waals surface area contributed by atoms with Crippen LogP contribution in [0.1, 0.15) is 85.0 Å². The van der Waals surface area contributed by atoms with E-state index in [2.05, 4.69) is 31.4 Å². The minimum atomic E-state index is 0. The topological polar surface area (TPSA) is 24.1 Å². The highest BCUT2D eigenvalue weighted by Gasteiger charge is 2.50. The van der Waals surface area contributed by atoms with Gasteiger partial charge in [-0.2, -0.15) is 0 Å². The van der Waals surface area contributed by atoms with Gasteiger partial charge in [0.1, 0.15) is 0 Å². The largest absolute Gasteiger partial charge is 0.315 e. The lowest BCUT2D eigenvalue weighted by molar-refractivity contribution is -0.0192. The van der Waals surface area contributed by atoms with Crippen LogP contribution >= 0.6 is 24.8 Å². The van der Waals surface area contributed by atoms with Gasteiger partial charge in [0.2, 0.25) is 0 Å². The number of nitrogens with one attached hydrogen (secondary N) is 2. The van der Waals surface area contributed by atoms with Gasteiger partial charge in [0.05, 0.1) is 0 Å². The maximum atomic E-state index is 4.00. The zero-order valence-corrected chi connectivity index (χ0v) is 19.0. The van der Waals surface area contributed by atoms with Gasteiger partial charge in [0.25, 0.3) is 0 Å². The van der Waals surface area contributed by atoms with Gasteiger partial charge in [-0.3, -0.25) is 0 Å². The van der Waals surface area contributed by atoms with Crippen LogP contribution in [-0.4, -0.2) is 25.2 Å². The molecule has 1 atom stereocenters. The van der Waals surface area contributed by atoms with Gasteiger partial charge in [0, 0.05) is 18.6 Å². The fourth-order valence-electron chi connectivity index (χ4n) is 6.24. The Hall–Kier alpha value is 0.500. The van der Waals surface area contributed by atoms with Crippen molar-refractivity contribution < 1.29 is 0 Å². The maximum Gasteiger partial charge on any atom is 0.0190 e. The molecular weight excluding hydrogens is 363 g/mol. The highest BCUT2D eigenvalue weighted by atomic mass is 35.5. The molecule has 0 saturated heterocycles. The van der Waals surface area contributed by atoms with Crippen LogP contribution in [0.2, 0.25) is 0 Å². The van der Waals surface area contributed by atoms with Crippen LogP contribution < -0.4 is 10.6 Å². The predicted molar refractivity (Wildman–Crippen MR) is 119 cm³/mol. The first-order valence-electron chi connectivity index (χ1n) is 11.0. The SMILES string of the molecule is CC(C)CCCC(C)CCNCCNC12CC3CC(CC(C3)C1)C2.Cl.Cl. The van der Waals surface area contributed by atoms with E-state index in [0.29, 0.717) is 5.54 Å². The van der Waals surface area contributed by atoms with Gasteiger partial charge in [-0.25, -0.2) is 0 Å². The van der Waals surface area contributed by atoms with Crippen LogP contribution in [0.25, 0.3) is 0 Å². The maximum absolute atomic E-state index is 4.00. The summed E-state index contributed by atoms with van der Waals surface area (Å²) in [6.07, 6.45) is 14.6. The van der Waals surface area contributed by atoms with Crippen molar-refractivity contribution in [1.82, 2.24) is 10.6 Å². The second kappa shape index (κ2) is 11.5. The summed E-state index contributed by atoms with van der Waals surface area (Å²) in [7, 11) is 0. The molecule has 0 radical (unpaired) electrons. The predicted octanol–water partition coefficient (Wildman–Crippen LogP) is 5.83. The van der Waals surface area contributed by atoms with Crippen LogP contribution in [0.4, 0.5) is 0 Å². The summed E-state index contributed by atoms with van der Waals surface area (Å²) in [6.45, 7) is 10.6. The molecule has 0 aliphatic heterocycles. The van der Waals surface area contributed by atoms with E-state index in [4.69, 9.17) is 0 Å². The lowest BCUT2D eigenvalue weighted by atomic mass is 9.53. The zero-order valence-electron chi connectivity index (χ0n) is 17.4. The van der Waals surface area contributed by atoms with Crippen molar-refractivity contribution >= 4 is 24.8 Å². The Labute approximate surface area is 175 Å². The average molecular weight is 408 g/mol. The molecule has 0 aromatic rings. The quantitative estimate of drug-likeness (QED) is 0.421. The molecule has 2 N–H and O–H groups in total. The first-order valence-corrected chi connectivity index (χ1v) is 11.0. The van der Waals surface area contributed by atoms with Crippen molar-refractivity contribution in [1.29, 1.82) is 0 Å². The Morgan fingerprint density at radius 2 is 1.35 bits per heavy atom. The van der Waals surface area contributed by atoms with E-state index in [9.17, 15) is 0 Å². The third-order valence-corrected chi connectivity index (χ3v) is 7.13. The zero-order chi connectivity index (χ0) is 17.0. The van der Waals surface area contributed by atoms with Gasteiger partial charge in [-0.15, -0.1) is 24.8 Å². The van der Waals surface area contributed by atoms with Gasteiger partial charge in [0.15, 0.2) is 0 Å². The summed E-state index contributed by atoms with van der Waals surface area (Å²) in [5.41, 5.74) is 0.542. The lowest BCUT2D eigenvalue weighted by Gasteiger charge is -2.57. The molecular formula is C22H44Cl2N2. The Morgan fingerprint density at radius 3 is 1.88 bits per heavy atom. The van der Waals surface area contributed by atoms with Crippen molar-refractivity contribution in [3.05, 3.63) is 0 Å². The summed E-state index contributed by atoms with van der Waals surface area (Å²) in [5.74, 6) is 4.92. The smallest absolute Gasteiger partial charge is 0.0190 e. The molecule has 4 rings (SSSR count). The molecule has 4 aliphatic rings. The standard InChI is InChI=1S/C22H42N2.2ClH/c1-17(2)5-4-6-18(3)7-8-23-9-10-24-22-14-19-11-20(15-22)13-21(12-19)16-22;;/h17-21,23-24H,4-16H2,1-3H3;2*1H. The van der Waals surface area contributed by atoms with Crippen molar-refractivity contribution in [2.45, 2.75) is 90.5 Å². The molecule has 0 aromatic carbocycles. The lowest BCUT2D eigenvalue weighted by Crippen LogP contribution is -2.59. The van der Waals surface area contributed by atoms with Crippen molar-refractivity contribution in [3.63, 3.8) is 0 Å². The van der Waals surface area contributed by atoms with E-state index in [1.165, 1.54) is 58.0 Å². The monoisotopic (exact) mass is 406 g/mol. The van der Waals surface area contributed by atoms with E-state index in [1.807, 2.05) is 0 Å². The van der Waals surface area contributed by atoms with Crippen molar-refractivity contribution in [3.8, 4) is 0 Å². The normalized spacial score (nSPS) is 33.0. The Kier molecular flexibility index (Phi) is 10.8. The Morgan fingerprint density at radius 1 is 0.769 bits per heavy atom. The van der Waals surface area contributed by atoms with E-state index in [1.54, 1.807) is 19.3 Å². The highest BCUT2D eigenvalue weighted by molar-refractivity contribution is 5.85. The molecule has 0 spiro atoms. The van der Waals surface area contributed by atoms with E-state index < -0.39 is 0 Å². The van der Waals surface area contributed by atoms with E-state index in [-0.39, 0.29) is 24.8 Å². The number of rotatable bonds is 11. The molecule has 4 fully saturated rings. The molecule has 4 bridgehead atoms. The van der Waals surface area contributed by atoms with Crippen molar-refractivity contribution in [2.24, 2.45) is 29.6 Å². The van der Waals surface area contributed by atoms with Gasteiger partial charge < -0.3 is 10.6 Å². The summed E-state index contributed by atoms with van der Waals surface area (Å²) in [6, 6.07) is 0. The minimum absolute atomic E-state index is 0. The molecule has 0 aromatic heterocycles. The number of halogens is 2. The van der Waals surface area contributed by atoms with Crippen LogP contribution in [0, 0.1) is 29.6 Å². The van der Waals surface area contributed by atoms with Crippen LogP contribution in [0.5, 0.6) is 0 Å². The van der Waals surface area contributed by atoms with E-state index >= 15 is 0 Å². The molecule has 156 valence electrons. The number of hydrogen-bond donors (Lipinski definition) is 2. The van der Waals surface area contributed by atoms with Gasteiger partial charge >= 0.3 is 0 Å². The molecule has 0 heterocycles. The van der Waals surface area contributed by atoms with Gasteiger partial charge in [-0.1, -0.05) is 40.0 Å². The minimum Gasteiger partial charge on any atom is -0.315 e. The Bertz CT molecular complexity index is 351. The fourth-order valence-corrected chi connectivity index (χ4v) is 6.24.